The molecular weight excluding hydrogens is 307 g/mol. The Labute approximate surface area is 133 Å². The second-order valence-electron chi connectivity index (χ2n) is 4.42. The van der Waals surface area contributed by atoms with Crippen molar-refractivity contribution in [3.8, 4) is 0 Å². The van der Waals surface area contributed by atoms with E-state index in [9.17, 15) is 4.79 Å². The van der Waals surface area contributed by atoms with E-state index in [1.165, 1.54) is 0 Å². The Morgan fingerprint density at radius 3 is 2.57 bits per heavy atom. The number of hydrogen-bond acceptors (Lipinski definition) is 1. The molecular formula is C16H14Cl2N2O. The maximum Gasteiger partial charge on any atom is 0.323 e. The van der Waals surface area contributed by atoms with Crippen molar-refractivity contribution < 1.29 is 4.79 Å². The number of urea groups is 1. The molecule has 0 fully saturated rings. The summed E-state index contributed by atoms with van der Waals surface area (Å²) in [5, 5.41) is 6.14. The minimum atomic E-state index is -0.349. The molecule has 21 heavy (non-hydrogen) atoms. The Balaban J connectivity index is 1.93. The zero-order chi connectivity index (χ0) is 15.2. The molecule has 2 aromatic carbocycles. The lowest BCUT2D eigenvalue weighted by Gasteiger charge is -2.06. The van der Waals surface area contributed by atoms with Crippen LogP contribution in [0.2, 0.25) is 10.0 Å². The average molecular weight is 321 g/mol. The number of carbonyl (C=O) groups is 1. The second kappa shape index (κ2) is 7.16. The first-order valence-electron chi connectivity index (χ1n) is 6.31. The second-order valence-corrected chi connectivity index (χ2v) is 5.23. The zero-order valence-corrected chi connectivity index (χ0v) is 12.9. The lowest BCUT2D eigenvalue weighted by Crippen LogP contribution is -2.23. The predicted octanol–water partition coefficient (Wildman–Crippen LogP) is 5.09. The molecule has 0 heterocycles. The van der Waals surface area contributed by atoms with Crippen molar-refractivity contribution in [1.29, 1.82) is 0 Å². The fourth-order valence-electron chi connectivity index (χ4n) is 1.72. The van der Waals surface area contributed by atoms with Crippen LogP contribution in [0.15, 0.2) is 48.7 Å². The van der Waals surface area contributed by atoms with E-state index in [-0.39, 0.29) is 6.03 Å². The van der Waals surface area contributed by atoms with Crippen molar-refractivity contribution in [3.05, 3.63) is 69.8 Å². The average Bonchev–Trinajstić information content (AvgIpc) is 2.45. The largest absolute Gasteiger partial charge is 0.323 e. The standard InChI is InChI=1S/C16H14Cl2N2O/c1-11-4-2-3-5-12(11)8-9-19-16(21)20-13-6-7-14(17)15(18)10-13/h2-10H,1H3,(H2,19,20,21)/b9-8+. The van der Waals surface area contributed by atoms with E-state index in [2.05, 4.69) is 10.6 Å². The summed E-state index contributed by atoms with van der Waals surface area (Å²) in [6, 6.07) is 12.5. The van der Waals surface area contributed by atoms with Crippen LogP contribution < -0.4 is 10.6 Å². The summed E-state index contributed by atoms with van der Waals surface area (Å²) in [6.07, 6.45) is 3.43. The van der Waals surface area contributed by atoms with Crippen molar-refractivity contribution in [2.45, 2.75) is 6.92 Å². The normalized spacial score (nSPS) is 10.6. The molecule has 0 atom stereocenters. The van der Waals surface area contributed by atoms with Crippen LogP contribution in [0.1, 0.15) is 11.1 Å². The van der Waals surface area contributed by atoms with Gasteiger partial charge in [0.15, 0.2) is 0 Å². The van der Waals surface area contributed by atoms with Gasteiger partial charge < -0.3 is 10.6 Å². The van der Waals surface area contributed by atoms with Crippen LogP contribution in [-0.2, 0) is 0 Å². The summed E-state index contributed by atoms with van der Waals surface area (Å²) in [5.74, 6) is 0. The van der Waals surface area contributed by atoms with E-state index in [0.29, 0.717) is 15.7 Å². The summed E-state index contributed by atoms with van der Waals surface area (Å²) in [6.45, 7) is 2.01. The van der Waals surface area contributed by atoms with Crippen molar-refractivity contribution in [2.75, 3.05) is 5.32 Å². The van der Waals surface area contributed by atoms with Gasteiger partial charge in [0.1, 0.15) is 0 Å². The molecule has 108 valence electrons. The molecule has 0 aliphatic carbocycles. The lowest BCUT2D eigenvalue weighted by molar-refractivity contribution is 0.255. The maximum absolute atomic E-state index is 11.7. The molecule has 2 N–H and O–H groups in total. The van der Waals surface area contributed by atoms with E-state index in [4.69, 9.17) is 23.2 Å². The topological polar surface area (TPSA) is 41.1 Å². The molecule has 0 aromatic heterocycles. The van der Waals surface area contributed by atoms with Gasteiger partial charge in [0, 0.05) is 11.9 Å². The third-order valence-corrected chi connectivity index (χ3v) is 3.58. The molecule has 2 aromatic rings. The van der Waals surface area contributed by atoms with Gasteiger partial charge in [0.05, 0.1) is 10.0 Å². The zero-order valence-electron chi connectivity index (χ0n) is 11.4. The molecule has 0 bridgehead atoms. The molecule has 0 aliphatic heterocycles. The first-order chi connectivity index (χ1) is 10.1. The van der Waals surface area contributed by atoms with Crippen LogP contribution in [0.5, 0.6) is 0 Å². The predicted molar refractivity (Wildman–Crippen MR) is 88.8 cm³/mol. The van der Waals surface area contributed by atoms with Crippen LogP contribution in [0, 0.1) is 6.92 Å². The number of benzene rings is 2. The number of carbonyl (C=O) groups excluding carboxylic acids is 1. The number of rotatable bonds is 3. The van der Waals surface area contributed by atoms with Gasteiger partial charge in [-0.25, -0.2) is 4.79 Å². The minimum absolute atomic E-state index is 0.349. The summed E-state index contributed by atoms with van der Waals surface area (Å²) in [7, 11) is 0. The van der Waals surface area contributed by atoms with Crippen molar-refractivity contribution in [1.82, 2.24) is 5.32 Å². The van der Waals surface area contributed by atoms with E-state index in [1.54, 1.807) is 24.4 Å². The van der Waals surface area contributed by atoms with Crippen LogP contribution >= 0.6 is 23.2 Å². The fraction of sp³-hybridized carbons (Fsp3) is 0.0625. The van der Waals surface area contributed by atoms with Gasteiger partial charge in [-0.3, -0.25) is 0 Å². The lowest BCUT2D eigenvalue weighted by atomic mass is 10.1. The number of halogens is 2. The quantitative estimate of drug-likeness (QED) is 0.812. The Morgan fingerprint density at radius 1 is 1.10 bits per heavy atom. The Morgan fingerprint density at radius 2 is 1.86 bits per heavy atom. The highest BCUT2D eigenvalue weighted by Crippen LogP contribution is 2.24. The van der Waals surface area contributed by atoms with Gasteiger partial charge in [0.2, 0.25) is 0 Å². The van der Waals surface area contributed by atoms with Crippen LogP contribution in [0.3, 0.4) is 0 Å². The van der Waals surface area contributed by atoms with E-state index in [0.717, 1.165) is 11.1 Å². The molecule has 0 saturated heterocycles. The number of aryl methyl sites for hydroxylation is 1. The number of nitrogens with one attached hydrogen (secondary N) is 2. The van der Waals surface area contributed by atoms with Gasteiger partial charge in [0.25, 0.3) is 0 Å². The van der Waals surface area contributed by atoms with Gasteiger partial charge >= 0.3 is 6.03 Å². The summed E-state index contributed by atoms with van der Waals surface area (Å²) >= 11 is 11.7. The molecule has 0 aliphatic rings. The van der Waals surface area contributed by atoms with Gasteiger partial charge in [-0.2, -0.15) is 0 Å². The van der Waals surface area contributed by atoms with Gasteiger partial charge in [-0.05, 0) is 42.3 Å². The van der Waals surface area contributed by atoms with Crippen LogP contribution in [0.4, 0.5) is 10.5 Å². The number of amides is 2. The molecule has 3 nitrogen and oxygen atoms in total. The van der Waals surface area contributed by atoms with Crippen molar-refractivity contribution in [3.63, 3.8) is 0 Å². The number of anilines is 1. The molecule has 0 spiro atoms. The third kappa shape index (κ3) is 4.52. The third-order valence-electron chi connectivity index (χ3n) is 2.84. The smallest absolute Gasteiger partial charge is 0.314 e. The highest BCUT2D eigenvalue weighted by molar-refractivity contribution is 6.42. The van der Waals surface area contributed by atoms with Crippen molar-refractivity contribution in [2.24, 2.45) is 0 Å². The van der Waals surface area contributed by atoms with E-state index in [1.807, 2.05) is 37.3 Å². The van der Waals surface area contributed by atoms with Crippen LogP contribution in [-0.4, -0.2) is 6.03 Å². The maximum atomic E-state index is 11.7. The van der Waals surface area contributed by atoms with Crippen molar-refractivity contribution >= 4 is 41.0 Å². The molecule has 2 amide bonds. The summed E-state index contributed by atoms with van der Waals surface area (Å²) in [5.41, 5.74) is 2.76. The van der Waals surface area contributed by atoms with E-state index >= 15 is 0 Å². The Hall–Kier alpha value is -1.97. The minimum Gasteiger partial charge on any atom is -0.314 e. The first kappa shape index (κ1) is 15.4. The SMILES string of the molecule is Cc1ccccc1/C=C/NC(=O)Nc1ccc(Cl)c(Cl)c1. The first-order valence-corrected chi connectivity index (χ1v) is 7.06. The highest BCUT2D eigenvalue weighted by atomic mass is 35.5. The van der Waals surface area contributed by atoms with Crippen LogP contribution in [0.25, 0.3) is 6.08 Å². The number of hydrogen-bond donors (Lipinski definition) is 2. The Bertz CT molecular complexity index is 684. The molecule has 0 unspecified atom stereocenters. The van der Waals surface area contributed by atoms with Gasteiger partial charge in [-0.1, -0.05) is 47.5 Å². The summed E-state index contributed by atoms with van der Waals surface area (Å²) in [4.78, 5) is 11.7. The molecule has 0 saturated carbocycles. The fourth-order valence-corrected chi connectivity index (χ4v) is 2.02. The molecule has 0 radical (unpaired) electrons. The molecule has 2 rings (SSSR count). The monoisotopic (exact) mass is 320 g/mol. The van der Waals surface area contributed by atoms with E-state index < -0.39 is 0 Å². The molecule has 5 heteroatoms. The highest BCUT2D eigenvalue weighted by Gasteiger charge is 2.02. The van der Waals surface area contributed by atoms with Gasteiger partial charge in [-0.15, -0.1) is 0 Å². The Kier molecular flexibility index (Phi) is 5.26. The summed E-state index contributed by atoms with van der Waals surface area (Å²) < 4.78 is 0.